The molecular formula is C10H16N4O3. The fourth-order valence-corrected chi connectivity index (χ4v) is 1.51. The summed E-state index contributed by atoms with van der Waals surface area (Å²) in [5.74, 6) is 5.19. The van der Waals surface area contributed by atoms with E-state index in [-0.39, 0.29) is 18.0 Å². The van der Waals surface area contributed by atoms with Gasteiger partial charge in [0.25, 0.3) is 5.69 Å². The first-order valence-corrected chi connectivity index (χ1v) is 5.11. The van der Waals surface area contributed by atoms with Gasteiger partial charge in [-0.25, -0.2) is 0 Å². The number of anilines is 1. The molecule has 0 atom stereocenters. The third kappa shape index (κ3) is 3.66. The second kappa shape index (κ2) is 6.14. The van der Waals surface area contributed by atoms with E-state index in [1.165, 1.54) is 6.07 Å². The Morgan fingerprint density at radius 1 is 1.59 bits per heavy atom. The summed E-state index contributed by atoms with van der Waals surface area (Å²) in [5.41, 5.74) is 3.31. The van der Waals surface area contributed by atoms with Crippen molar-refractivity contribution < 1.29 is 10.0 Å². The molecule has 1 aromatic carbocycles. The van der Waals surface area contributed by atoms with Crippen molar-refractivity contribution in [2.45, 2.75) is 6.54 Å². The molecule has 0 saturated heterocycles. The van der Waals surface area contributed by atoms with Crippen LogP contribution in [-0.2, 0) is 6.54 Å². The van der Waals surface area contributed by atoms with E-state index in [4.69, 9.17) is 10.9 Å². The predicted octanol–water partition coefficient (Wildman–Crippen LogP) is 0.304. The van der Waals surface area contributed by atoms with Crippen LogP contribution >= 0.6 is 0 Å². The molecule has 7 heteroatoms. The van der Waals surface area contributed by atoms with Gasteiger partial charge in [-0.1, -0.05) is 6.07 Å². The van der Waals surface area contributed by atoms with Gasteiger partial charge in [0.1, 0.15) is 5.69 Å². The van der Waals surface area contributed by atoms with Crippen LogP contribution in [0, 0.1) is 10.1 Å². The Morgan fingerprint density at radius 2 is 2.29 bits per heavy atom. The zero-order chi connectivity index (χ0) is 12.8. The first kappa shape index (κ1) is 13.4. The summed E-state index contributed by atoms with van der Waals surface area (Å²) < 4.78 is 0. The van der Waals surface area contributed by atoms with Gasteiger partial charge in [-0.2, -0.15) is 0 Å². The smallest absolute Gasteiger partial charge is 0.293 e. The average Bonchev–Trinajstić information content (AvgIpc) is 2.29. The highest BCUT2D eigenvalue weighted by atomic mass is 16.6. The number of hydrogen-bond donors (Lipinski definition) is 3. The number of nitro groups is 1. The van der Waals surface area contributed by atoms with Crippen molar-refractivity contribution in [3.8, 4) is 0 Å². The first-order chi connectivity index (χ1) is 8.08. The van der Waals surface area contributed by atoms with Crippen LogP contribution in [0.2, 0.25) is 0 Å². The van der Waals surface area contributed by atoms with Crippen molar-refractivity contribution in [2.75, 3.05) is 25.6 Å². The molecule has 0 bridgehead atoms. The zero-order valence-corrected chi connectivity index (χ0v) is 9.59. The quantitative estimate of drug-likeness (QED) is 0.375. The van der Waals surface area contributed by atoms with Crippen LogP contribution in [0.1, 0.15) is 5.56 Å². The Labute approximate surface area is 99.0 Å². The maximum absolute atomic E-state index is 10.8. The molecule has 0 radical (unpaired) electrons. The molecule has 94 valence electrons. The Balaban J connectivity index is 2.88. The van der Waals surface area contributed by atoms with E-state index in [0.717, 1.165) is 5.56 Å². The molecule has 0 aliphatic rings. The Hall–Kier alpha value is -1.70. The molecule has 0 aliphatic carbocycles. The molecule has 7 nitrogen and oxygen atoms in total. The Kier molecular flexibility index (Phi) is 4.83. The molecule has 4 N–H and O–H groups in total. The number of aliphatic hydroxyl groups excluding tert-OH is 1. The molecule has 1 aromatic rings. The van der Waals surface area contributed by atoms with Crippen molar-refractivity contribution in [3.63, 3.8) is 0 Å². The minimum atomic E-state index is -0.481. The summed E-state index contributed by atoms with van der Waals surface area (Å²) in [5, 5.41) is 19.6. The number of rotatable bonds is 6. The van der Waals surface area contributed by atoms with Gasteiger partial charge in [0.15, 0.2) is 0 Å². The van der Waals surface area contributed by atoms with Crippen LogP contribution in [0.15, 0.2) is 18.2 Å². The summed E-state index contributed by atoms with van der Waals surface area (Å²) in [6.45, 7) is 1.11. The van der Waals surface area contributed by atoms with Crippen LogP contribution < -0.4 is 11.3 Å². The second-order valence-electron chi connectivity index (χ2n) is 3.71. The number of nitrogen functional groups attached to an aromatic ring is 1. The maximum atomic E-state index is 10.8. The van der Waals surface area contributed by atoms with Gasteiger partial charge in [0.05, 0.1) is 11.5 Å². The zero-order valence-electron chi connectivity index (χ0n) is 9.59. The lowest BCUT2D eigenvalue weighted by atomic mass is 10.1. The third-order valence-corrected chi connectivity index (χ3v) is 2.35. The van der Waals surface area contributed by atoms with E-state index in [1.807, 2.05) is 11.9 Å². The summed E-state index contributed by atoms with van der Waals surface area (Å²) in [4.78, 5) is 12.2. The van der Waals surface area contributed by atoms with Crippen LogP contribution in [0.3, 0.4) is 0 Å². The van der Waals surface area contributed by atoms with E-state index < -0.39 is 4.92 Å². The number of aliphatic hydroxyl groups is 1. The average molecular weight is 240 g/mol. The van der Waals surface area contributed by atoms with Crippen molar-refractivity contribution in [2.24, 2.45) is 5.84 Å². The lowest BCUT2D eigenvalue weighted by Gasteiger charge is -2.15. The molecule has 0 fully saturated rings. The van der Waals surface area contributed by atoms with Crippen LogP contribution in [-0.4, -0.2) is 35.1 Å². The van der Waals surface area contributed by atoms with Crippen LogP contribution in [0.25, 0.3) is 0 Å². The molecule has 0 aromatic heterocycles. The fourth-order valence-electron chi connectivity index (χ4n) is 1.51. The first-order valence-electron chi connectivity index (χ1n) is 5.11. The largest absolute Gasteiger partial charge is 0.395 e. The summed E-state index contributed by atoms with van der Waals surface area (Å²) >= 11 is 0. The molecule has 0 amide bonds. The van der Waals surface area contributed by atoms with Gasteiger partial charge < -0.3 is 10.5 Å². The number of likely N-dealkylation sites (N-methyl/N-ethyl adjacent to an activating group) is 1. The highest BCUT2D eigenvalue weighted by molar-refractivity contribution is 5.61. The summed E-state index contributed by atoms with van der Waals surface area (Å²) in [6.07, 6.45) is 0. The van der Waals surface area contributed by atoms with Gasteiger partial charge in [-0.15, -0.1) is 0 Å². The molecular weight excluding hydrogens is 224 g/mol. The monoisotopic (exact) mass is 240 g/mol. The minimum Gasteiger partial charge on any atom is -0.395 e. The highest BCUT2D eigenvalue weighted by Gasteiger charge is 2.14. The van der Waals surface area contributed by atoms with E-state index in [0.29, 0.717) is 13.1 Å². The number of nitro benzene ring substituents is 1. The van der Waals surface area contributed by atoms with E-state index >= 15 is 0 Å². The van der Waals surface area contributed by atoms with Crippen molar-refractivity contribution in [1.82, 2.24) is 4.90 Å². The van der Waals surface area contributed by atoms with Gasteiger partial charge in [0.2, 0.25) is 0 Å². The molecule has 0 spiro atoms. The normalized spacial score (nSPS) is 10.6. The van der Waals surface area contributed by atoms with Gasteiger partial charge in [-0.05, 0) is 18.7 Å². The van der Waals surface area contributed by atoms with E-state index in [1.54, 1.807) is 12.1 Å². The second-order valence-corrected chi connectivity index (χ2v) is 3.71. The number of nitrogens with two attached hydrogens (primary N) is 1. The van der Waals surface area contributed by atoms with Crippen LogP contribution in [0.5, 0.6) is 0 Å². The molecule has 0 aliphatic heterocycles. The fraction of sp³-hybridized carbons (Fsp3) is 0.400. The Morgan fingerprint density at radius 3 is 2.82 bits per heavy atom. The topological polar surface area (TPSA) is 105 Å². The number of hydrazine groups is 1. The highest BCUT2D eigenvalue weighted by Crippen LogP contribution is 2.24. The number of nitrogens with one attached hydrogen (secondary N) is 1. The molecule has 1 rings (SSSR count). The third-order valence-electron chi connectivity index (χ3n) is 2.35. The maximum Gasteiger partial charge on any atom is 0.293 e. The van der Waals surface area contributed by atoms with Gasteiger partial charge in [-0.3, -0.25) is 20.9 Å². The predicted molar refractivity (Wildman–Crippen MR) is 64.3 cm³/mol. The van der Waals surface area contributed by atoms with Crippen molar-refractivity contribution >= 4 is 11.4 Å². The van der Waals surface area contributed by atoms with Crippen molar-refractivity contribution in [1.29, 1.82) is 0 Å². The molecule has 0 saturated carbocycles. The number of benzene rings is 1. The molecule has 17 heavy (non-hydrogen) atoms. The SMILES string of the molecule is CN(CCO)Cc1ccc(NN)c([N+](=O)[O-])c1. The standard InChI is InChI=1S/C10H16N4O3/c1-13(4-5-15)7-8-2-3-9(12-11)10(6-8)14(16)17/h2-3,6,12,15H,4-5,7,11H2,1H3. The summed E-state index contributed by atoms with van der Waals surface area (Å²) in [6, 6.07) is 4.80. The lowest BCUT2D eigenvalue weighted by molar-refractivity contribution is -0.384. The van der Waals surface area contributed by atoms with Crippen LogP contribution in [0.4, 0.5) is 11.4 Å². The van der Waals surface area contributed by atoms with Gasteiger partial charge in [0, 0.05) is 19.2 Å². The molecule has 0 unspecified atom stereocenters. The van der Waals surface area contributed by atoms with E-state index in [2.05, 4.69) is 5.43 Å². The van der Waals surface area contributed by atoms with Gasteiger partial charge >= 0.3 is 0 Å². The number of hydrogen-bond acceptors (Lipinski definition) is 6. The summed E-state index contributed by atoms with van der Waals surface area (Å²) in [7, 11) is 1.83. The minimum absolute atomic E-state index is 0.0533. The lowest BCUT2D eigenvalue weighted by Crippen LogP contribution is -2.21. The molecule has 0 heterocycles. The number of nitrogens with zero attached hydrogens (tertiary/aromatic N) is 2. The Bertz CT molecular complexity index is 397. The van der Waals surface area contributed by atoms with Crippen molar-refractivity contribution in [3.05, 3.63) is 33.9 Å². The van der Waals surface area contributed by atoms with E-state index in [9.17, 15) is 10.1 Å².